The van der Waals surface area contributed by atoms with Crippen molar-refractivity contribution in [3.8, 4) is 0 Å². The van der Waals surface area contributed by atoms with Crippen LogP contribution in [0.15, 0.2) is 0 Å². The van der Waals surface area contributed by atoms with Crippen LogP contribution >= 0.6 is 25.3 Å². The average molecular weight is 192 g/mol. The van der Waals surface area contributed by atoms with Gasteiger partial charge < -0.3 is 0 Å². The van der Waals surface area contributed by atoms with Gasteiger partial charge in [-0.3, -0.25) is 0 Å². The van der Waals surface area contributed by atoms with Gasteiger partial charge in [-0.25, -0.2) is 0 Å². The van der Waals surface area contributed by atoms with E-state index in [9.17, 15) is 0 Å². The van der Waals surface area contributed by atoms with Crippen molar-refractivity contribution in [1.82, 2.24) is 0 Å². The first kappa shape index (κ1) is 11.7. The topological polar surface area (TPSA) is 0 Å². The third-order valence-corrected chi connectivity index (χ3v) is 2.33. The van der Waals surface area contributed by atoms with E-state index in [2.05, 4.69) is 32.2 Å². The molecule has 11 heavy (non-hydrogen) atoms. The van der Waals surface area contributed by atoms with Gasteiger partial charge in [-0.15, -0.1) is 0 Å². The molecular weight excluding hydrogens is 172 g/mol. The molecule has 0 nitrogen and oxygen atoms in total. The first-order valence-corrected chi connectivity index (χ1v) is 5.66. The van der Waals surface area contributed by atoms with E-state index < -0.39 is 0 Å². The van der Waals surface area contributed by atoms with E-state index in [1.165, 1.54) is 38.5 Å². The van der Waals surface area contributed by atoms with Gasteiger partial charge in [0.1, 0.15) is 0 Å². The lowest BCUT2D eigenvalue weighted by molar-refractivity contribution is 0.601. The van der Waals surface area contributed by atoms with Gasteiger partial charge in [-0.1, -0.05) is 45.4 Å². The molecule has 0 aromatic rings. The Labute approximate surface area is 82.0 Å². The Morgan fingerprint density at radius 2 is 1.45 bits per heavy atom. The van der Waals surface area contributed by atoms with Gasteiger partial charge in [-0.2, -0.15) is 25.3 Å². The molecule has 0 atom stereocenters. The van der Waals surface area contributed by atoms with E-state index in [1.807, 2.05) is 0 Å². The smallest absolute Gasteiger partial charge is 0.0442 e. The van der Waals surface area contributed by atoms with Crippen molar-refractivity contribution in [3.63, 3.8) is 0 Å². The molecule has 0 aromatic heterocycles. The monoisotopic (exact) mass is 192 g/mol. The molecule has 0 aromatic carbocycles. The Morgan fingerprint density at radius 1 is 0.909 bits per heavy atom. The molecule has 0 heterocycles. The van der Waals surface area contributed by atoms with Gasteiger partial charge in [0.25, 0.3) is 0 Å². The zero-order chi connectivity index (χ0) is 8.53. The van der Waals surface area contributed by atoms with E-state index in [4.69, 9.17) is 0 Å². The second-order valence-electron chi connectivity index (χ2n) is 3.04. The van der Waals surface area contributed by atoms with E-state index in [-0.39, 0.29) is 0 Å². The van der Waals surface area contributed by atoms with E-state index in [1.54, 1.807) is 0 Å². The summed E-state index contributed by atoms with van der Waals surface area (Å²) in [5.74, 6) is 0. The summed E-state index contributed by atoms with van der Waals surface area (Å²) in [4.78, 5) is 0. The fourth-order valence-corrected chi connectivity index (χ4v) is 1.47. The lowest BCUT2D eigenvalue weighted by Crippen LogP contribution is -1.86. The van der Waals surface area contributed by atoms with Crippen molar-refractivity contribution < 1.29 is 0 Å². The predicted molar refractivity (Wildman–Crippen MR) is 59.8 cm³/mol. The van der Waals surface area contributed by atoms with Crippen LogP contribution in [0.1, 0.15) is 51.9 Å². The summed E-state index contributed by atoms with van der Waals surface area (Å²) >= 11 is 8.41. The van der Waals surface area contributed by atoms with Gasteiger partial charge >= 0.3 is 0 Å². The van der Waals surface area contributed by atoms with Crippen LogP contribution in [0.4, 0.5) is 0 Å². The predicted octanol–water partition coefficient (Wildman–Crippen LogP) is 3.92. The third-order valence-electron chi connectivity index (χ3n) is 1.82. The molecule has 0 bridgehead atoms. The van der Waals surface area contributed by atoms with Crippen LogP contribution in [0.5, 0.6) is 0 Å². The van der Waals surface area contributed by atoms with Crippen molar-refractivity contribution in [2.45, 2.75) is 56.5 Å². The van der Waals surface area contributed by atoms with Crippen LogP contribution in [-0.4, -0.2) is 4.58 Å². The molecule has 0 radical (unpaired) electrons. The maximum absolute atomic E-state index is 4.21. The van der Waals surface area contributed by atoms with Crippen molar-refractivity contribution in [2.24, 2.45) is 0 Å². The Kier molecular flexibility index (Phi) is 9.35. The van der Waals surface area contributed by atoms with Gasteiger partial charge in [0.2, 0.25) is 0 Å². The summed E-state index contributed by atoms with van der Waals surface area (Å²) in [5, 5.41) is 0. The molecule has 0 unspecified atom stereocenters. The molecule has 0 fully saturated rings. The fourth-order valence-electron chi connectivity index (χ4n) is 1.11. The van der Waals surface area contributed by atoms with Crippen LogP contribution in [0.2, 0.25) is 0 Å². The van der Waals surface area contributed by atoms with Crippen LogP contribution < -0.4 is 0 Å². The minimum Gasteiger partial charge on any atom is -0.165 e. The zero-order valence-electron chi connectivity index (χ0n) is 7.42. The number of hydrogen-bond donors (Lipinski definition) is 2. The summed E-state index contributed by atoms with van der Waals surface area (Å²) in [6, 6.07) is 0. The largest absolute Gasteiger partial charge is 0.165 e. The van der Waals surface area contributed by atoms with E-state index in [0.29, 0.717) is 4.58 Å². The SMILES string of the molecule is CCCCCCCCC(S)S. The zero-order valence-corrected chi connectivity index (χ0v) is 9.21. The van der Waals surface area contributed by atoms with E-state index in [0.717, 1.165) is 6.42 Å². The number of thiol groups is 2. The molecule has 0 amide bonds. The molecule has 0 spiro atoms. The van der Waals surface area contributed by atoms with Crippen LogP contribution in [0, 0.1) is 0 Å². The maximum atomic E-state index is 4.21. The van der Waals surface area contributed by atoms with Crippen LogP contribution in [0.3, 0.4) is 0 Å². The summed E-state index contributed by atoms with van der Waals surface area (Å²) in [6.07, 6.45) is 9.33. The molecule has 0 N–H and O–H groups in total. The van der Waals surface area contributed by atoms with Crippen LogP contribution in [-0.2, 0) is 0 Å². The number of hydrogen-bond acceptors (Lipinski definition) is 2. The fraction of sp³-hybridized carbons (Fsp3) is 1.00. The molecule has 0 aliphatic carbocycles. The normalized spacial score (nSPS) is 10.9. The van der Waals surface area contributed by atoms with Gasteiger partial charge in [-0.05, 0) is 6.42 Å². The minimum atomic E-state index is 0.293. The molecule has 0 rings (SSSR count). The van der Waals surface area contributed by atoms with E-state index >= 15 is 0 Å². The van der Waals surface area contributed by atoms with Gasteiger partial charge in [0, 0.05) is 4.58 Å². The van der Waals surface area contributed by atoms with Gasteiger partial charge in [0.05, 0.1) is 0 Å². The number of rotatable bonds is 7. The number of unbranched alkanes of at least 4 members (excludes halogenated alkanes) is 5. The second-order valence-corrected chi connectivity index (χ2v) is 4.69. The quantitative estimate of drug-likeness (QED) is 0.341. The van der Waals surface area contributed by atoms with Crippen LogP contribution in [0.25, 0.3) is 0 Å². The average Bonchev–Trinajstić information content (AvgIpc) is 1.96. The lowest BCUT2D eigenvalue weighted by atomic mass is 10.1. The molecule has 0 aliphatic heterocycles. The Morgan fingerprint density at radius 3 is 2.00 bits per heavy atom. The summed E-state index contributed by atoms with van der Waals surface area (Å²) < 4.78 is 0.293. The highest BCUT2D eigenvalue weighted by Crippen LogP contribution is 2.13. The maximum Gasteiger partial charge on any atom is 0.0442 e. The lowest BCUT2D eigenvalue weighted by Gasteiger charge is -2.02. The summed E-state index contributed by atoms with van der Waals surface area (Å²) in [7, 11) is 0. The highest BCUT2D eigenvalue weighted by Gasteiger charge is 1.94. The Bertz CT molecular complexity index is 72.0. The molecule has 0 saturated carbocycles. The highest BCUT2D eigenvalue weighted by molar-refractivity contribution is 7.99. The van der Waals surface area contributed by atoms with Crippen molar-refractivity contribution in [3.05, 3.63) is 0 Å². The summed E-state index contributed by atoms with van der Waals surface area (Å²) in [6.45, 7) is 2.25. The third kappa shape index (κ3) is 10.7. The second kappa shape index (κ2) is 8.79. The first-order valence-electron chi connectivity index (χ1n) is 4.63. The standard InChI is InChI=1S/C9H20S2/c1-2-3-4-5-6-7-8-9(10)11/h9-11H,2-8H2,1H3. The van der Waals surface area contributed by atoms with Crippen molar-refractivity contribution in [1.29, 1.82) is 0 Å². The summed E-state index contributed by atoms with van der Waals surface area (Å²) in [5.41, 5.74) is 0. The molecule has 2 heteroatoms. The molecule has 68 valence electrons. The highest BCUT2D eigenvalue weighted by atomic mass is 32.2. The minimum absolute atomic E-state index is 0.293. The molecule has 0 aliphatic rings. The first-order chi connectivity index (χ1) is 5.27. The Balaban J connectivity index is 2.80. The van der Waals surface area contributed by atoms with Crippen molar-refractivity contribution in [2.75, 3.05) is 0 Å². The van der Waals surface area contributed by atoms with Gasteiger partial charge in [0.15, 0.2) is 0 Å². The Hall–Kier alpha value is 0.700. The van der Waals surface area contributed by atoms with Crippen molar-refractivity contribution >= 4 is 25.3 Å². The molecular formula is C9H20S2. The molecule has 0 saturated heterocycles.